The van der Waals surface area contributed by atoms with Crippen LogP contribution < -0.4 is 4.90 Å². The second-order valence-corrected chi connectivity index (χ2v) is 4.50. The summed E-state index contributed by atoms with van der Waals surface area (Å²) in [6.45, 7) is 3.46. The number of hydrogen-bond donors (Lipinski definition) is 0. The number of hydrogen-bond acceptors (Lipinski definition) is 3. The maximum atomic E-state index is 6.12. The van der Waals surface area contributed by atoms with E-state index < -0.39 is 0 Å². The van der Waals surface area contributed by atoms with E-state index in [0.717, 1.165) is 42.2 Å². The minimum atomic E-state index is 0.753. The molecule has 0 spiro atoms. The highest BCUT2D eigenvalue weighted by Gasteiger charge is 2.12. The Morgan fingerprint density at radius 2 is 2.00 bits per heavy atom. The topological polar surface area (TPSA) is 25.4 Å². The standard InChI is InChI=1S/C13H13ClN2O/c14-12-3-4-15-13-9-10(1-2-11(12)13)16-5-7-17-8-6-16/h1-4,9H,5-8H2. The Hall–Kier alpha value is -1.32. The maximum Gasteiger partial charge on any atom is 0.0737 e. The largest absolute Gasteiger partial charge is 0.378 e. The van der Waals surface area contributed by atoms with E-state index in [1.807, 2.05) is 12.1 Å². The number of aromatic nitrogens is 1. The number of ether oxygens (including phenoxy) is 1. The molecule has 0 bridgehead atoms. The second-order valence-electron chi connectivity index (χ2n) is 4.09. The van der Waals surface area contributed by atoms with Crippen LogP contribution in [0.1, 0.15) is 0 Å². The molecule has 0 radical (unpaired) electrons. The third-order valence-corrected chi connectivity index (χ3v) is 3.38. The molecule has 1 aliphatic rings. The highest BCUT2D eigenvalue weighted by molar-refractivity contribution is 6.35. The number of morpholine rings is 1. The first-order chi connectivity index (χ1) is 8.34. The SMILES string of the molecule is Clc1ccnc2cc(N3CCOCC3)ccc12. The van der Waals surface area contributed by atoms with E-state index in [-0.39, 0.29) is 0 Å². The van der Waals surface area contributed by atoms with Crippen LogP contribution >= 0.6 is 11.6 Å². The molecule has 2 heterocycles. The summed E-state index contributed by atoms with van der Waals surface area (Å²) in [7, 11) is 0. The molecule has 1 aliphatic heterocycles. The van der Waals surface area contributed by atoms with Gasteiger partial charge in [-0.2, -0.15) is 0 Å². The van der Waals surface area contributed by atoms with Gasteiger partial charge in [0.25, 0.3) is 0 Å². The Morgan fingerprint density at radius 3 is 2.82 bits per heavy atom. The van der Waals surface area contributed by atoms with Gasteiger partial charge in [-0.25, -0.2) is 0 Å². The number of benzene rings is 1. The lowest BCUT2D eigenvalue weighted by atomic mass is 10.2. The van der Waals surface area contributed by atoms with Crippen LogP contribution in [0.3, 0.4) is 0 Å². The molecule has 88 valence electrons. The Kier molecular flexibility index (Phi) is 2.87. The Morgan fingerprint density at radius 1 is 1.18 bits per heavy atom. The Labute approximate surface area is 105 Å². The summed E-state index contributed by atoms with van der Waals surface area (Å²) < 4.78 is 5.35. The van der Waals surface area contributed by atoms with Crippen molar-refractivity contribution < 1.29 is 4.74 Å². The van der Waals surface area contributed by atoms with Gasteiger partial charge in [0.2, 0.25) is 0 Å². The minimum Gasteiger partial charge on any atom is -0.378 e. The van der Waals surface area contributed by atoms with Gasteiger partial charge in [0.15, 0.2) is 0 Å². The molecular formula is C13H13ClN2O. The van der Waals surface area contributed by atoms with Crippen molar-refractivity contribution in [3.8, 4) is 0 Å². The van der Waals surface area contributed by atoms with Gasteiger partial charge in [0, 0.05) is 30.4 Å². The third-order valence-electron chi connectivity index (χ3n) is 3.05. The van der Waals surface area contributed by atoms with E-state index in [0.29, 0.717) is 0 Å². The van der Waals surface area contributed by atoms with Gasteiger partial charge in [-0.3, -0.25) is 4.98 Å². The quantitative estimate of drug-likeness (QED) is 0.776. The van der Waals surface area contributed by atoms with Gasteiger partial charge in [-0.05, 0) is 24.3 Å². The molecule has 1 aromatic carbocycles. The monoisotopic (exact) mass is 248 g/mol. The fraction of sp³-hybridized carbons (Fsp3) is 0.308. The number of pyridine rings is 1. The van der Waals surface area contributed by atoms with Crippen molar-refractivity contribution in [1.29, 1.82) is 0 Å². The molecular weight excluding hydrogens is 236 g/mol. The zero-order valence-electron chi connectivity index (χ0n) is 9.40. The summed E-state index contributed by atoms with van der Waals surface area (Å²) in [6.07, 6.45) is 1.74. The molecule has 0 atom stereocenters. The fourth-order valence-electron chi connectivity index (χ4n) is 2.12. The molecule has 2 aromatic rings. The van der Waals surface area contributed by atoms with Crippen molar-refractivity contribution in [3.05, 3.63) is 35.5 Å². The van der Waals surface area contributed by atoms with E-state index in [9.17, 15) is 0 Å². The summed E-state index contributed by atoms with van der Waals surface area (Å²) >= 11 is 6.12. The van der Waals surface area contributed by atoms with Crippen LogP contribution in [0.4, 0.5) is 5.69 Å². The molecule has 4 heteroatoms. The minimum absolute atomic E-state index is 0.753. The van der Waals surface area contributed by atoms with Crippen LogP contribution in [-0.4, -0.2) is 31.3 Å². The predicted octanol–water partition coefficient (Wildman–Crippen LogP) is 2.72. The van der Waals surface area contributed by atoms with Crippen molar-refractivity contribution in [2.45, 2.75) is 0 Å². The van der Waals surface area contributed by atoms with Crippen LogP contribution in [-0.2, 0) is 4.74 Å². The lowest BCUT2D eigenvalue weighted by Gasteiger charge is -2.28. The first-order valence-electron chi connectivity index (χ1n) is 5.71. The molecule has 0 unspecified atom stereocenters. The number of anilines is 1. The van der Waals surface area contributed by atoms with Gasteiger partial charge >= 0.3 is 0 Å². The molecule has 3 nitrogen and oxygen atoms in total. The summed E-state index contributed by atoms with van der Waals surface area (Å²) in [4.78, 5) is 6.67. The fourth-order valence-corrected chi connectivity index (χ4v) is 2.34. The smallest absolute Gasteiger partial charge is 0.0737 e. The lowest BCUT2D eigenvalue weighted by Crippen LogP contribution is -2.36. The number of fused-ring (bicyclic) bond motifs is 1. The van der Waals surface area contributed by atoms with Gasteiger partial charge in [0.05, 0.1) is 23.8 Å². The summed E-state index contributed by atoms with van der Waals surface area (Å²) in [5.74, 6) is 0. The van der Waals surface area contributed by atoms with Gasteiger partial charge in [-0.15, -0.1) is 0 Å². The summed E-state index contributed by atoms with van der Waals surface area (Å²) in [5.41, 5.74) is 2.14. The van der Waals surface area contributed by atoms with Gasteiger partial charge < -0.3 is 9.64 Å². The first-order valence-corrected chi connectivity index (χ1v) is 6.09. The summed E-state index contributed by atoms with van der Waals surface area (Å²) in [5, 5.41) is 1.76. The zero-order chi connectivity index (χ0) is 11.7. The zero-order valence-corrected chi connectivity index (χ0v) is 10.2. The molecule has 3 rings (SSSR count). The van der Waals surface area contributed by atoms with E-state index in [4.69, 9.17) is 16.3 Å². The van der Waals surface area contributed by atoms with Crippen molar-refractivity contribution in [3.63, 3.8) is 0 Å². The van der Waals surface area contributed by atoms with Crippen molar-refractivity contribution in [2.24, 2.45) is 0 Å². The molecule has 0 aliphatic carbocycles. The lowest BCUT2D eigenvalue weighted by molar-refractivity contribution is 0.122. The number of rotatable bonds is 1. The van der Waals surface area contributed by atoms with E-state index in [1.165, 1.54) is 5.69 Å². The van der Waals surface area contributed by atoms with Crippen molar-refractivity contribution >= 4 is 28.2 Å². The highest BCUT2D eigenvalue weighted by Crippen LogP contribution is 2.26. The first kappa shape index (κ1) is 10.8. The summed E-state index contributed by atoms with van der Waals surface area (Å²) in [6, 6.07) is 8.04. The van der Waals surface area contributed by atoms with E-state index in [1.54, 1.807) is 6.20 Å². The van der Waals surface area contributed by atoms with E-state index in [2.05, 4.69) is 22.0 Å². The van der Waals surface area contributed by atoms with Crippen LogP contribution in [0.15, 0.2) is 30.5 Å². The molecule has 0 amide bonds. The molecule has 1 saturated heterocycles. The van der Waals surface area contributed by atoms with Gasteiger partial charge in [0.1, 0.15) is 0 Å². The highest BCUT2D eigenvalue weighted by atomic mass is 35.5. The third kappa shape index (κ3) is 2.08. The molecule has 0 saturated carbocycles. The average Bonchev–Trinajstić information content (AvgIpc) is 2.40. The Bertz CT molecular complexity index is 538. The molecule has 0 N–H and O–H groups in total. The maximum absolute atomic E-state index is 6.12. The average molecular weight is 249 g/mol. The molecule has 1 aromatic heterocycles. The Balaban J connectivity index is 2.01. The second kappa shape index (κ2) is 4.51. The normalized spacial score (nSPS) is 16.4. The van der Waals surface area contributed by atoms with Crippen LogP contribution in [0.5, 0.6) is 0 Å². The number of nitrogens with zero attached hydrogens (tertiary/aromatic N) is 2. The van der Waals surface area contributed by atoms with Crippen LogP contribution in [0.25, 0.3) is 10.9 Å². The van der Waals surface area contributed by atoms with Gasteiger partial charge in [-0.1, -0.05) is 11.6 Å². The van der Waals surface area contributed by atoms with Crippen LogP contribution in [0.2, 0.25) is 5.02 Å². The van der Waals surface area contributed by atoms with Crippen molar-refractivity contribution in [2.75, 3.05) is 31.2 Å². The van der Waals surface area contributed by atoms with Crippen LogP contribution in [0, 0.1) is 0 Å². The molecule has 1 fully saturated rings. The number of halogens is 1. The predicted molar refractivity (Wildman–Crippen MR) is 69.8 cm³/mol. The van der Waals surface area contributed by atoms with E-state index >= 15 is 0 Å². The van der Waals surface area contributed by atoms with Crippen molar-refractivity contribution in [1.82, 2.24) is 4.98 Å². The molecule has 17 heavy (non-hydrogen) atoms.